The van der Waals surface area contributed by atoms with Crippen LogP contribution >= 0.6 is 0 Å². The highest BCUT2D eigenvalue weighted by Gasteiger charge is 2.53. The molecule has 122 valence electrons. The van der Waals surface area contributed by atoms with E-state index in [2.05, 4.69) is 32.6 Å². The zero-order chi connectivity index (χ0) is 15.6. The van der Waals surface area contributed by atoms with Gasteiger partial charge >= 0.3 is 0 Å². The highest BCUT2D eigenvalue weighted by molar-refractivity contribution is 5.76. The predicted molar refractivity (Wildman–Crippen MR) is 84.9 cm³/mol. The van der Waals surface area contributed by atoms with E-state index in [1.165, 1.54) is 25.7 Å². The first kappa shape index (κ1) is 16.8. The summed E-state index contributed by atoms with van der Waals surface area (Å²) in [5.41, 5.74) is 5.59. The standard InChI is InChI=1S/C17H32N2O2/c1-12(2)11-21-15-9-14(17(15,3)4)19(10-16(18)20)13-7-5-6-8-13/h12-15H,5-11H2,1-4H3,(H2,18,20)/t14-,15-/m1/s1. The minimum absolute atomic E-state index is 0.104. The van der Waals surface area contributed by atoms with E-state index in [0.717, 1.165) is 13.0 Å². The van der Waals surface area contributed by atoms with Crippen molar-refractivity contribution < 1.29 is 9.53 Å². The first-order chi connectivity index (χ1) is 9.82. The van der Waals surface area contributed by atoms with Crippen LogP contribution in [0.1, 0.15) is 59.8 Å². The summed E-state index contributed by atoms with van der Waals surface area (Å²) in [4.78, 5) is 13.8. The van der Waals surface area contributed by atoms with Crippen LogP contribution in [0.5, 0.6) is 0 Å². The number of carbonyl (C=O) groups is 1. The summed E-state index contributed by atoms with van der Waals surface area (Å²) in [6.45, 7) is 10.1. The molecule has 2 rings (SSSR count). The molecule has 0 aromatic heterocycles. The maximum Gasteiger partial charge on any atom is 0.231 e. The van der Waals surface area contributed by atoms with E-state index in [1.807, 2.05) is 0 Å². The molecule has 0 saturated heterocycles. The van der Waals surface area contributed by atoms with Crippen LogP contribution in [0.15, 0.2) is 0 Å². The number of nitrogens with two attached hydrogens (primary N) is 1. The molecule has 2 saturated carbocycles. The Bertz CT molecular complexity index is 362. The van der Waals surface area contributed by atoms with Gasteiger partial charge in [-0.15, -0.1) is 0 Å². The molecule has 0 aromatic carbocycles. The lowest BCUT2D eigenvalue weighted by atomic mass is 9.63. The van der Waals surface area contributed by atoms with Crippen LogP contribution in [-0.2, 0) is 9.53 Å². The van der Waals surface area contributed by atoms with Crippen molar-refractivity contribution in [2.45, 2.75) is 78.0 Å². The van der Waals surface area contributed by atoms with E-state index in [4.69, 9.17) is 10.5 Å². The van der Waals surface area contributed by atoms with Gasteiger partial charge in [-0.1, -0.05) is 40.5 Å². The highest BCUT2D eigenvalue weighted by Crippen LogP contribution is 2.47. The van der Waals surface area contributed by atoms with Gasteiger partial charge < -0.3 is 10.5 Å². The summed E-state index contributed by atoms with van der Waals surface area (Å²) < 4.78 is 6.06. The Labute approximate surface area is 129 Å². The van der Waals surface area contributed by atoms with E-state index in [0.29, 0.717) is 30.7 Å². The Morgan fingerprint density at radius 2 is 1.95 bits per heavy atom. The van der Waals surface area contributed by atoms with E-state index >= 15 is 0 Å². The lowest BCUT2D eigenvalue weighted by molar-refractivity contribution is -0.166. The van der Waals surface area contributed by atoms with Crippen LogP contribution < -0.4 is 5.73 Å². The molecule has 2 atom stereocenters. The third-order valence-electron chi connectivity index (χ3n) is 5.29. The van der Waals surface area contributed by atoms with Gasteiger partial charge in [0.05, 0.1) is 12.6 Å². The molecular weight excluding hydrogens is 264 g/mol. The lowest BCUT2D eigenvalue weighted by Crippen LogP contribution is -2.65. The third kappa shape index (κ3) is 3.78. The van der Waals surface area contributed by atoms with Crippen molar-refractivity contribution in [3.63, 3.8) is 0 Å². The molecule has 0 aromatic rings. The molecule has 1 amide bonds. The Balaban J connectivity index is 1.99. The van der Waals surface area contributed by atoms with Gasteiger partial charge in [-0.05, 0) is 25.2 Å². The molecule has 0 aliphatic heterocycles. The molecule has 0 radical (unpaired) electrons. The van der Waals surface area contributed by atoms with E-state index in [1.54, 1.807) is 0 Å². The van der Waals surface area contributed by atoms with Gasteiger partial charge in [-0.25, -0.2) is 0 Å². The fraction of sp³-hybridized carbons (Fsp3) is 0.941. The monoisotopic (exact) mass is 296 g/mol. The average Bonchev–Trinajstić information content (AvgIpc) is 2.88. The van der Waals surface area contributed by atoms with Gasteiger partial charge in [0.15, 0.2) is 0 Å². The van der Waals surface area contributed by atoms with Crippen LogP contribution in [-0.4, -0.2) is 42.1 Å². The van der Waals surface area contributed by atoms with E-state index < -0.39 is 0 Å². The van der Waals surface area contributed by atoms with E-state index in [-0.39, 0.29) is 11.3 Å². The molecule has 2 aliphatic carbocycles. The Morgan fingerprint density at radius 1 is 1.33 bits per heavy atom. The molecular formula is C17H32N2O2. The SMILES string of the molecule is CC(C)CO[C@@H]1C[C@@H](N(CC(N)=O)C2CCCC2)C1(C)C. The summed E-state index contributed by atoms with van der Waals surface area (Å²) in [5, 5.41) is 0. The van der Waals surface area contributed by atoms with Crippen LogP contribution in [0.2, 0.25) is 0 Å². The van der Waals surface area contributed by atoms with Crippen molar-refractivity contribution in [2.75, 3.05) is 13.2 Å². The second kappa shape index (κ2) is 6.66. The van der Waals surface area contributed by atoms with Gasteiger partial charge in [-0.3, -0.25) is 9.69 Å². The molecule has 2 N–H and O–H groups in total. The summed E-state index contributed by atoms with van der Waals surface area (Å²) in [7, 11) is 0. The van der Waals surface area contributed by atoms with Gasteiger partial charge in [-0.2, -0.15) is 0 Å². The van der Waals surface area contributed by atoms with Crippen LogP contribution in [0.4, 0.5) is 0 Å². The van der Waals surface area contributed by atoms with Crippen LogP contribution in [0.3, 0.4) is 0 Å². The normalized spacial score (nSPS) is 29.0. The number of carbonyl (C=O) groups excluding carboxylic acids is 1. The molecule has 0 heterocycles. The summed E-state index contributed by atoms with van der Waals surface area (Å²) >= 11 is 0. The number of rotatable bonds is 7. The summed E-state index contributed by atoms with van der Waals surface area (Å²) in [6, 6.07) is 0.957. The number of amides is 1. The van der Waals surface area contributed by atoms with Crippen molar-refractivity contribution in [3.8, 4) is 0 Å². The Morgan fingerprint density at radius 3 is 2.43 bits per heavy atom. The minimum atomic E-state index is -0.204. The molecule has 21 heavy (non-hydrogen) atoms. The minimum Gasteiger partial charge on any atom is -0.377 e. The Hall–Kier alpha value is -0.610. The fourth-order valence-corrected chi connectivity index (χ4v) is 3.93. The van der Waals surface area contributed by atoms with Crippen LogP contribution in [0, 0.1) is 11.3 Å². The zero-order valence-corrected chi connectivity index (χ0v) is 14.1. The van der Waals surface area contributed by atoms with Crippen molar-refractivity contribution in [1.29, 1.82) is 0 Å². The summed E-state index contributed by atoms with van der Waals surface area (Å²) in [6.07, 6.45) is 6.31. The number of ether oxygens (including phenoxy) is 1. The van der Waals surface area contributed by atoms with Gasteiger partial charge in [0.2, 0.25) is 5.91 Å². The van der Waals surface area contributed by atoms with Crippen molar-refractivity contribution in [3.05, 3.63) is 0 Å². The molecule has 2 aliphatic rings. The van der Waals surface area contributed by atoms with Crippen molar-refractivity contribution in [1.82, 2.24) is 4.90 Å². The molecule has 4 nitrogen and oxygen atoms in total. The Kier molecular flexibility index (Phi) is 5.31. The smallest absolute Gasteiger partial charge is 0.231 e. The number of nitrogens with zero attached hydrogens (tertiary/aromatic N) is 1. The molecule has 4 heteroatoms. The number of primary amides is 1. The quantitative estimate of drug-likeness (QED) is 0.785. The van der Waals surface area contributed by atoms with Crippen LogP contribution in [0.25, 0.3) is 0 Å². The topological polar surface area (TPSA) is 55.6 Å². The molecule has 0 unspecified atom stereocenters. The maximum absolute atomic E-state index is 11.5. The highest BCUT2D eigenvalue weighted by atomic mass is 16.5. The molecule has 0 bridgehead atoms. The summed E-state index contributed by atoms with van der Waals surface area (Å²) in [5.74, 6) is 0.362. The number of hydrogen-bond acceptors (Lipinski definition) is 3. The second-order valence-electron chi connectivity index (χ2n) is 7.87. The average molecular weight is 296 g/mol. The zero-order valence-electron chi connectivity index (χ0n) is 14.1. The maximum atomic E-state index is 11.5. The largest absolute Gasteiger partial charge is 0.377 e. The molecule has 2 fully saturated rings. The first-order valence-electron chi connectivity index (χ1n) is 8.48. The first-order valence-corrected chi connectivity index (χ1v) is 8.48. The third-order valence-corrected chi connectivity index (χ3v) is 5.29. The van der Waals surface area contributed by atoms with Gasteiger partial charge in [0, 0.05) is 24.1 Å². The molecule has 0 spiro atoms. The fourth-order valence-electron chi connectivity index (χ4n) is 3.93. The number of hydrogen-bond donors (Lipinski definition) is 1. The van der Waals surface area contributed by atoms with Gasteiger partial charge in [0.1, 0.15) is 0 Å². The van der Waals surface area contributed by atoms with Gasteiger partial charge in [0.25, 0.3) is 0 Å². The predicted octanol–water partition coefficient (Wildman–Crippen LogP) is 2.56. The van der Waals surface area contributed by atoms with E-state index in [9.17, 15) is 4.79 Å². The van der Waals surface area contributed by atoms with Crippen molar-refractivity contribution >= 4 is 5.91 Å². The lowest BCUT2D eigenvalue weighted by Gasteiger charge is -2.57. The second-order valence-corrected chi connectivity index (χ2v) is 7.87. The van der Waals surface area contributed by atoms with Crippen molar-refractivity contribution in [2.24, 2.45) is 17.1 Å².